The molecule has 7 nitrogen and oxygen atoms in total. The van der Waals surface area contributed by atoms with E-state index in [0.717, 1.165) is 43.1 Å². The van der Waals surface area contributed by atoms with Crippen molar-refractivity contribution in [1.29, 1.82) is 0 Å². The van der Waals surface area contributed by atoms with E-state index in [4.69, 9.17) is 0 Å². The second-order valence-electron chi connectivity index (χ2n) is 7.10. The molecule has 2 bridgehead atoms. The number of aromatic nitrogens is 3. The van der Waals surface area contributed by atoms with Crippen LogP contribution in [0.15, 0.2) is 29.2 Å². The van der Waals surface area contributed by atoms with Crippen LogP contribution in [0.2, 0.25) is 0 Å². The van der Waals surface area contributed by atoms with E-state index in [2.05, 4.69) is 25.6 Å². The maximum absolute atomic E-state index is 13.1. The lowest BCUT2D eigenvalue weighted by Crippen LogP contribution is -2.61. The Bertz CT molecular complexity index is 1030. The summed E-state index contributed by atoms with van der Waals surface area (Å²) in [5.41, 5.74) is 0.618. The van der Waals surface area contributed by atoms with Gasteiger partial charge in [0.2, 0.25) is 0 Å². The predicted octanol–water partition coefficient (Wildman–Crippen LogP) is 2.92. The first kappa shape index (κ1) is 17.5. The minimum absolute atomic E-state index is 0.125. The summed E-state index contributed by atoms with van der Waals surface area (Å²) >= 11 is 1.12. The number of anilines is 2. The van der Waals surface area contributed by atoms with Gasteiger partial charge in [-0.2, -0.15) is 5.10 Å². The molecule has 2 atom stereocenters. The van der Waals surface area contributed by atoms with Gasteiger partial charge in [-0.3, -0.25) is 4.79 Å². The van der Waals surface area contributed by atoms with Crippen LogP contribution in [0.5, 0.6) is 0 Å². The van der Waals surface area contributed by atoms with Crippen LogP contribution in [0.1, 0.15) is 35.2 Å². The molecule has 10 heteroatoms. The fourth-order valence-electron chi connectivity index (χ4n) is 3.94. The molecule has 3 aromatic rings. The molecule has 0 radical (unpaired) electrons. The summed E-state index contributed by atoms with van der Waals surface area (Å²) in [7, 11) is 0. The van der Waals surface area contributed by atoms with Crippen molar-refractivity contribution in [3.05, 3.63) is 40.3 Å². The Kier molecular flexibility index (Phi) is 4.24. The minimum atomic E-state index is -2.64. The second-order valence-corrected chi connectivity index (χ2v) is 7.84. The Morgan fingerprint density at radius 2 is 2.25 bits per heavy atom. The number of nitrogens with one attached hydrogen (secondary N) is 2. The van der Waals surface area contributed by atoms with Gasteiger partial charge in [-0.25, -0.2) is 18.3 Å². The summed E-state index contributed by atoms with van der Waals surface area (Å²) < 4.78 is 27.6. The quantitative estimate of drug-likeness (QED) is 0.700. The van der Waals surface area contributed by atoms with Crippen molar-refractivity contribution in [2.24, 2.45) is 0 Å². The number of hydrogen-bond acceptors (Lipinski definition) is 6. The molecule has 2 N–H and O–H groups in total. The van der Waals surface area contributed by atoms with E-state index in [1.54, 1.807) is 6.20 Å². The molecule has 0 aliphatic carbocycles. The molecule has 1 amide bonds. The lowest BCUT2D eigenvalue weighted by atomic mass is 9.93. The summed E-state index contributed by atoms with van der Waals surface area (Å²) in [6, 6.07) is 2.75. The van der Waals surface area contributed by atoms with Gasteiger partial charge in [0, 0.05) is 42.1 Å². The highest BCUT2D eigenvalue weighted by molar-refractivity contribution is 7.08. The lowest BCUT2D eigenvalue weighted by Gasteiger charge is -2.46. The zero-order valence-corrected chi connectivity index (χ0v) is 15.6. The predicted molar refractivity (Wildman–Crippen MR) is 102 cm³/mol. The number of amides is 1. The Balaban J connectivity index is 1.45. The normalized spacial score (nSPS) is 21.6. The standard InChI is InChI=1S/C18H18F2N6OS/c19-16(20)13-8-28-9-14(13)23-18(27)12-6-22-26-4-3-15(24-17(12)26)25-7-10-1-2-11(25)5-21-10/h3-4,6,8-11,16,21H,1-2,5,7H2,(H,23,27)/t10-,11+/m1/s1. The van der Waals surface area contributed by atoms with Crippen LogP contribution in [-0.4, -0.2) is 45.7 Å². The number of alkyl halides is 2. The summed E-state index contributed by atoms with van der Waals surface area (Å²) in [5.74, 6) is 0.309. The Labute approximate surface area is 163 Å². The highest BCUT2D eigenvalue weighted by Crippen LogP contribution is 2.31. The smallest absolute Gasteiger partial charge is 0.266 e. The first-order valence-electron chi connectivity index (χ1n) is 9.10. The van der Waals surface area contributed by atoms with Crippen molar-refractivity contribution < 1.29 is 13.6 Å². The van der Waals surface area contributed by atoms with Gasteiger partial charge in [0.05, 0.1) is 17.4 Å². The Hall–Kier alpha value is -2.59. The molecule has 28 heavy (non-hydrogen) atoms. The van der Waals surface area contributed by atoms with E-state index in [9.17, 15) is 13.6 Å². The van der Waals surface area contributed by atoms with Gasteiger partial charge in [-0.15, -0.1) is 11.3 Å². The molecule has 0 unspecified atom stereocenters. The molecule has 0 saturated carbocycles. The highest BCUT2D eigenvalue weighted by atomic mass is 32.1. The topological polar surface area (TPSA) is 74.6 Å². The second kappa shape index (κ2) is 6.78. The summed E-state index contributed by atoms with van der Waals surface area (Å²) in [6.07, 6.45) is 2.83. The zero-order valence-electron chi connectivity index (χ0n) is 14.8. The number of piperazine rings is 1. The van der Waals surface area contributed by atoms with Gasteiger partial charge in [-0.05, 0) is 18.9 Å². The summed E-state index contributed by atoms with van der Waals surface area (Å²) in [4.78, 5) is 19.7. The van der Waals surface area contributed by atoms with E-state index >= 15 is 0 Å². The molecular weight excluding hydrogens is 386 g/mol. The first-order chi connectivity index (χ1) is 13.6. The fourth-order valence-corrected chi connectivity index (χ4v) is 4.71. The summed E-state index contributed by atoms with van der Waals surface area (Å²) in [6.45, 7) is 1.81. The molecule has 3 aromatic heterocycles. The van der Waals surface area contributed by atoms with Gasteiger partial charge in [-0.1, -0.05) is 0 Å². The molecule has 3 fully saturated rings. The van der Waals surface area contributed by atoms with Crippen LogP contribution in [0.25, 0.3) is 5.65 Å². The van der Waals surface area contributed by atoms with Crippen LogP contribution in [0.4, 0.5) is 20.3 Å². The third-order valence-electron chi connectivity index (χ3n) is 5.42. The number of nitrogens with zero attached hydrogens (tertiary/aromatic N) is 4. The number of piperidine rings is 2. The average Bonchev–Trinajstić information content (AvgIpc) is 3.35. The van der Waals surface area contributed by atoms with Crippen molar-refractivity contribution in [1.82, 2.24) is 19.9 Å². The molecule has 0 aromatic carbocycles. The average molecular weight is 404 g/mol. The first-order valence-corrected chi connectivity index (χ1v) is 10.0. The SMILES string of the molecule is O=C(Nc1cscc1C(F)F)c1cnn2ccc(N3C[C@H]4CC[C@H]3CN4)nc12. The molecule has 6 heterocycles. The molecule has 3 saturated heterocycles. The third kappa shape index (κ3) is 2.92. The number of thiophene rings is 1. The van der Waals surface area contributed by atoms with E-state index in [-0.39, 0.29) is 16.8 Å². The number of carbonyl (C=O) groups excluding carboxylic acids is 1. The van der Waals surface area contributed by atoms with Crippen molar-refractivity contribution >= 4 is 34.4 Å². The number of fused-ring (bicyclic) bond motifs is 4. The molecular formula is C18H18F2N6OS. The Morgan fingerprint density at radius 1 is 1.36 bits per heavy atom. The van der Waals surface area contributed by atoms with Crippen LogP contribution in [0, 0.1) is 0 Å². The van der Waals surface area contributed by atoms with Crippen LogP contribution in [0.3, 0.4) is 0 Å². The maximum Gasteiger partial charge on any atom is 0.266 e. The summed E-state index contributed by atoms with van der Waals surface area (Å²) in [5, 5.41) is 13.1. The van der Waals surface area contributed by atoms with Gasteiger partial charge < -0.3 is 15.5 Å². The van der Waals surface area contributed by atoms with Crippen LogP contribution >= 0.6 is 11.3 Å². The van der Waals surface area contributed by atoms with E-state index < -0.39 is 12.3 Å². The van der Waals surface area contributed by atoms with Crippen molar-refractivity contribution in [2.75, 3.05) is 23.3 Å². The molecule has 3 aliphatic rings. The number of carbonyl (C=O) groups is 1. The molecule has 6 rings (SSSR count). The van der Waals surface area contributed by atoms with E-state index in [0.29, 0.717) is 17.7 Å². The maximum atomic E-state index is 13.1. The monoisotopic (exact) mass is 404 g/mol. The van der Waals surface area contributed by atoms with Crippen molar-refractivity contribution in [3.63, 3.8) is 0 Å². The largest absolute Gasteiger partial charge is 0.351 e. The third-order valence-corrected chi connectivity index (χ3v) is 6.18. The zero-order chi connectivity index (χ0) is 19.3. The van der Waals surface area contributed by atoms with Crippen LogP contribution < -0.4 is 15.5 Å². The fraction of sp³-hybridized carbons (Fsp3) is 0.389. The Morgan fingerprint density at radius 3 is 2.96 bits per heavy atom. The highest BCUT2D eigenvalue weighted by Gasteiger charge is 2.34. The lowest BCUT2D eigenvalue weighted by molar-refractivity contribution is 0.102. The number of rotatable bonds is 4. The molecule has 146 valence electrons. The van der Waals surface area contributed by atoms with Crippen molar-refractivity contribution in [3.8, 4) is 0 Å². The number of hydrogen-bond donors (Lipinski definition) is 2. The molecule has 0 spiro atoms. The van der Waals surface area contributed by atoms with Crippen LogP contribution in [-0.2, 0) is 0 Å². The van der Waals surface area contributed by atoms with Gasteiger partial charge in [0.25, 0.3) is 12.3 Å². The van der Waals surface area contributed by atoms with Gasteiger partial charge in [0.1, 0.15) is 11.4 Å². The van der Waals surface area contributed by atoms with E-state index in [1.807, 2.05) is 6.07 Å². The van der Waals surface area contributed by atoms with E-state index in [1.165, 1.54) is 21.5 Å². The van der Waals surface area contributed by atoms with Gasteiger partial charge in [0.15, 0.2) is 5.65 Å². The van der Waals surface area contributed by atoms with Gasteiger partial charge >= 0.3 is 0 Å². The molecule has 3 aliphatic heterocycles. The number of halogens is 2. The minimum Gasteiger partial charge on any atom is -0.351 e. The van der Waals surface area contributed by atoms with Crippen molar-refractivity contribution in [2.45, 2.75) is 31.4 Å².